The molecule has 1 amide bonds. The van der Waals surface area contributed by atoms with Crippen LogP contribution < -0.4 is 4.90 Å². The lowest BCUT2D eigenvalue weighted by atomic mass is 9.93. The average molecular weight is 394 g/mol. The number of carbonyl (C=O) groups excluding carboxylic acids is 1. The summed E-state index contributed by atoms with van der Waals surface area (Å²) in [5.74, 6) is -0.541. The van der Waals surface area contributed by atoms with E-state index in [4.69, 9.17) is 0 Å². The number of hydrogen-bond acceptors (Lipinski definition) is 5. The van der Waals surface area contributed by atoms with Crippen LogP contribution in [0.15, 0.2) is 36.4 Å². The Hall–Kier alpha value is -2.86. The lowest BCUT2D eigenvalue weighted by molar-refractivity contribution is 0.0972. The molecule has 1 aliphatic heterocycles. The molecular weight excluding hydrogens is 372 g/mol. The summed E-state index contributed by atoms with van der Waals surface area (Å²) in [4.78, 5) is 20.6. The molecule has 0 aliphatic carbocycles. The van der Waals surface area contributed by atoms with Gasteiger partial charge in [-0.05, 0) is 69.0 Å². The van der Waals surface area contributed by atoms with E-state index in [0.717, 1.165) is 45.2 Å². The molecule has 5 nitrogen and oxygen atoms in total. The van der Waals surface area contributed by atoms with E-state index >= 15 is 0 Å². The second kappa shape index (κ2) is 6.95. The number of amides is 1. The second-order valence-corrected chi connectivity index (χ2v) is 8.46. The molecule has 1 atom stereocenters. The monoisotopic (exact) mass is 394 g/mol. The predicted molar refractivity (Wildman–Crippen MR) is 111 cm³/mol. The fourth-order valence-corrected chi connectivity index (χ4v) is 4.75. The summed E-state index contributed by atoms with van der Waals surface area (Å²) in [5.41, 5.74) is 4.33. The Morgan fingerprint density at radius 1 is 1.18 bits per heavy atom. The number of benzene rings is 2. The van der Waals surface area contributed by atoms with Crippen molar-refractivity contribution in [2.45, 2.75) is 39.7 Å². The third-order valence-electron chi connectivity index (χ3n) is 5.21. The third kappa shape index (κ3) is 3.14. The van der Waals surface area contributed by atoms with Crippen LogP contribution in [0.25, 0.3) is 10.4 Å². The van der Waals surface area contributed by atoms with Crippen molar-refractivity contribution >= 4 is 22.9 Å². The van der Waals surface area contributed by atoms with E-state index in [1.807, 2.05) is 32.9 Å². The average Bonchev–Trinajstić information content (AvgIpc) is 2.99. The van der Waals surface area contributed by atoms with E-state index in [1.165, 1.54) is 18.2 Å². The van der Waals surface area contributed by atoms with E-state index in [1.54, 1.807) is 16.2 Å². The molecule has 4 rings (SSSR count). The van der Waals surface area contributed by atoms with Gasteiger partial charge in [-0.2, -0.15) is 0 Å². The van der Waals surface area contributed by atoms with Gasteiger partial charge in [-0.1, -0.05) is 6.07 Å². The highest BCUT2D eigenvalue weighted by Crippen LogP contribution is 2.38. The van der Waals surface area contributed by atoms with E-state index in [2.05, 4.69) is 11.1 Å². The normalized spacial score (nSPS) is 16.1. The SMILES string of the molecule is Cc1nc(C)c(-c2ccc3c(c2)CCC(C)N3C(=O)c2ccc(O)cc2O)s1. The minimum atomic E-state index is -0.261. The molecule has 0 fully saturated rings. The zero-order valence-corrected chi connectivity index (χ0v) is 16.9. The zero-order chi connectivity index (χ0) is 20.0. The Morgan fingerprint density at radius 3 is 2.64 bits per heavy atom. The van der Waals surface area contributed by atoms with Gasteiger partial charge < -0.3 is 15.1 Å². The van der Waals surface area contributed by atoms with Crippen LogP contribution in [0.1, 0.15) is 40.0 Å². The fourth-order valence-electron chi connectivity index (χ4n) is 3.83. The summed E-state index contributed by atoms with van der Waals surface area (Å²) in [6.45, 7) is 6.04. The molecular formula is C22H22N2O3S. The lowest BCUT2D eigenvalue weighted by Crippen LogP contribution is -2.42. The van der Waals surface area contributed by atoms with Gasteiger partial charge in [0.1, 0.15) is 11.5 Å². The number of phenols is 2. The summed E-state index contributed by atoms with van der Waals surface area (Å²) in [6.07, 6.45) is 1.74. The number of rotatable bonds is 2. The summed E-state index contributed by atoms with van der Waals surface area (Å²) < 4.78 is 0. The molecule has 28 heavy (non-hydrogen) atoms. The van der Waals surface area contributed by atoms with Gasteiger partial charge in [0.15, 0.2) is 0 Å². The van der Waals surface area contributed by atoms with Gasteiger partial charge in [0.05, 0.1) is 21.1 Å². The van der Waals surface area contributed by atoms with Crippen molar-refractivity contribution in [3.05, 3.63) is 58.2 Å². The van der Waals surface area contributed by atoms with Gasteiger partial charge in [-0.25, -0.2) is 4.98 Å². The first kappa shape index (κ1) is 18.5. The third-order valence-corrected chi connectivity index (χ3v) is 6.33. The first-order valence-electron chi connectivity index (χ1n) is 9.28. The molecule has 1 aromatic heterocycles. The number of phenolic OH excluding ortho intramolecular Hbond substituents is 2. The Labute approximate surface area is 167 Å². The molecule has 3 aromatic rings. The maximum absolute atomic E-state index is 13.2. The molecule has 144 valence electrons. The highest BCUT2D eigenvalue weighted by atomic mass is 32.1. The number of aromatic hydroxyl groups is 2. The Kier molecular flexibility index (Phi) is 4.59. The standard InChI is InChI=1S/C22H22N2O3S/c1-12-4-5-15-10-16(21-13(2)23-14(3)28-21)6-9-19(15)24(12)22(27)18-8-7-17(25)11-20(18)26/h6-12,25-26H,4-5H2,1-3H3. The van der Waals surface area contributed by atoms with E-state index in [9.17, 15) is 15.0 Å². The Balaban J connectivity index is 1.75. The largest absolute Gasteiger partial charge is 0.508 e. The highest BCUT2D eigenvalue weighted by molar-refractivity contribution is 7.15. The highest BCUT2D eigenvalue weighted by Gasteiger charge is 2.30. The van der Waals surface area contributed by atoms with Crippen LogP contribution in [-0.2, 0) is 6.42 Å². The van der Waals surface area contributed by atoms with Crippen LogP contribution in [-0.4, -0.2) is 27.1 Å². The first-order chi connectivity index (χ1) is 13.3. The molecule has 0 spiro atoms. The molecule has 6 heteroatoms. The summed E-state index contributed by atoms with van der Waals surface area (Å²) in [5, 5.41) is 20.7. The Morgan fingerprint density at radius 2 is 1.96 bits per heavy atom. The van der Waals surface area contributed by atoms with Gasteiger partial charge in [0, 0.05) is 17.8 Å². The maximum Gasteiger partial charge on any atom is 0.262 e. The zero-order valence-electron chi connectivity index (χ0n) is 16.1. The van der Waals surface area contributed by atoms with E-state index < -0.39 is 0 Å². The number of thiazole rings is 1. The van der Waals surface area contributed by atoms with Crippen LogP contribution in [0.5, 0.6) is 11.5 Å². The second-order valence-electron chi connectivity index (χ2n) is 7.26. The van der Waals surface area contributed by atoms with Crippen molar-refractivity contribution < 1.29 is 15.0 Å². The van der Waals surface area contributed by atoms with Gasteiger partial charge >= 0.3 is 0 Å². The number of nitrogens with zero attached hydrogens (tertiary/aromatic N) is 2. The van der Waals surface area contributed by atoms with Crippen molar-refractivity contribution in [1.29, 1.82) is 0 Å². The minimum Gasteiger partial charge on any atom is -0.508 e. The van der Waals surface area contributed by atoms with Crippen molar-refractivity contribution in [1.82, 2.24) is 4.98 Å². The molecule has 2 aromatic carbocycles. The predicted octanol–water partition coefficient (Wildman–Crippen LogP) is 4.82. The van der Waals surface area contributed by atoms with E-state index in [-0.39, 0.29) is 29.0 Å². The van der Waals surface area contributed by atoms with Gasteiger partial charge in [-0.15, -0.1) is 11.3 Å². The van der Waals surface area contributed by atoms with Crippen LogP contribution >= 0.6 is 11.3 Å². The summed E-state index contributed by atoms with van der Waals surface area (Å²) in [7, 11) is 0. The summed E-state index contributed by atoms with van der Waals surface area (Å²) >= 11 is 1.68. The lowest BCUT2D eigenvalue weighted by Gasteiger charge is -2.35. The number of anilines is 1. The smallest absolute Gasteiger partial charge is 0.262 e. The van der Waals surface area contributed by atoms with Crippen LogP contribution in [0.2, 0.25) is 0 Å². The molecule has 2 heterocycles. The topological polar surface area (TPSA) is 73.7 Å². The molecule has 0 bridgehead atoms. The molecule has 2 N–H and O–H groups in total. The van der Waals surface area contributed by atoms with Crippen molar-refractivity contribution in [3.8, 4) is 21.9 Å². The number of hydrogen-bond donors (Lipinski definition) is 2. The molecule has 1 unspecified atom stereocenters. The number of aryl methyl sites for hydroxylation is 3. The number of carbonyl (C=O) groups is 1. The van der Waals surface area contributed by atoms with Crippen molar-refractivity contribution in [2.24, 2.45) is 0 Å². The van der Waals surface area contributed by atoms with Gasteiger partial charge in [0.25, 0.3) is 5.91 Å². The Bertz CT molecular complexity index is 1070. The fraction of sp³-hybridized carbons (Fsp3) is 0.273. The molecule has 0 radical (unpaired) electrons. The first-order valence-corrected chi connectivity index (χ1v) is 10.1. The minimum absolute atomic E-state index is 0.0199. The molecule has 0 saturated heterocycles. The van der Waals surface area contributed by atoms with Gasteiger partial charge in [0.2, 0.25) is 0 Å². The van der Waals surface area contributed by atoms with Crippen LogP contribution in [0, 0.1) is 13.8 Å². The van der Waals surface area contributed by atoms with E-state index in [0.29, 0.717) is 0 Å². The van der Waals surface area contributed by atoms with Crippen molar-refractivity contribution in [2.75, 3.05) is 4.90 Å². The molecule has 1 aliphatic rings. The maximum atomic E-state index is 13.2. The van der Waals surface area contributed by atoms with Crippen LogP contribution in [0.4, 0.5) is 5.69 Å². The quantitative estimate of drug-likeness (QED) is 0.654. The number of fused-ring (bicyclic) bond motifs is 1. The van der Waals surface area contributed by atoms with Crippen molar-refractivity contribution in [3.63, 3.8) is 0 Å². The van der Waals surface area contributed by atoms with Crippen LogP contribution in [0.3, 0.4) is 0 Å². The molecule has 0 saturated carbocycles. The number of aromatic nitrogens is 1. The summed E-state index contributed by atoms with van der Waals surface area (Å²) in [6, 6.07) is 10.3. The van der Waals surface area contributed by atoms with Gasteiger partial charge in [-0.3, -0.25) is 4.79 Å².